The molecule has 1 N–H and O–H groups in total. The molecule has 0 unspecified atom stereocenters. The first-order chi connectivity index (χ1) is 13.9. The average Bonchev–Trinajstić information content (AvgIpc) is 3.15. The van der Waals surface area contributed by atoms with Gasteiger partial charge in [0.2, 0.25) is 22.2 Å². The molecule has 0 radical (unpaired) electrons. The second-order valence-electron chi connectivity index (χ2n) is 5.90. The van der Waals surface area contributed by atoms with Crippen LogP contribution in [0, 0.1) is 6.92 Å². The number of carbonyl (C=O) groups excluding carboxylic acids is 2. The lowest BCUT2D eigenvalue weighted by Crippen LogP contribution is -2.14. The van der Waals surface area contributed by atoms with Crippen LogP contribution >= 0.6 is 23.1 Å². The van der Waals surface area contributed by atoms with Crippen molar-refractivity contribution in [2.75, 3.05) is 5.32 Å². The minimum Gasteiger partial charge on any atom is -0.464 e. The summed E-state index contributed by atoms with van der Waals surface area (Å²) in [6.07, 6.45) is 1.48. The van der Waals surface area contributed by atoms with Crippen LogP contribution in [0.4, 0.5) is 5.13 Å². The number of aryl methyl sites for hydroxylation is 1. The maximum Gasteiger partial charge on any atom is 0.343 e. The fourth-order valence-corrected chi connectivity index (χ4v) is 3.84. The van der Waals surface area contributed by atoms with Crippen molar-refractivity contribution in [2.24, 2.45) is 0 Å². The van der Waals surface area contributed by atoms with E-state index in [9.17, 15) is 14.4 Å². The van der Waals surface area contributed by atoms with Crippen LogP contribution in [0.15, 0.2) is 50.1 Å². The molecule has 0 saturated carbocycles. The maximum absolute atomic E-state index is 12.2. The maximum atomic E-state index is 12.2. The first kappa shape index (κ1) is 20.7. The normalized spacial score (nSPS) is 10.6. The van der Waals surface area contributed by atoms with Crippen LogP contribution in [-0.4, -0.2) is 22.1 Å². The van der Waals surface area contributed by atoms with E-state index in [2.05, 4.69) is 15.5 Å². The van der Waals surface area contributed by atoms with Crippen molar-refractivity contribution in [3.05, 3.63) is 63.7 Å². The van der Waals surface area contributed by atoms with Crippen molar-refractivity contribution >= 4 is 40.1 Å². The molecule has 0 spiro atoms. The second-order valence-corrected chi connectivity index (χ2v) is 8.10. The van der Waals surface area contributed by atoms with Gasteiger partial charge in [0.15, 0.2) is 4.34 Å². The van der Waals surface area contributed by atoms with E-state index in [0.29, 0.717) is 33.0 Å². The molecule has 2 aromatic heterocycles. The van der Waals surface area contributed by atoms with Gasteiger partial charge in [0.1, 0.15) is 12.0 Å². The topological polar surface area (TPSA) is 111 Å². The Balaban J connectivity index is 1.60. The summed E-state index contributed by atoms with van der Waals surface area (Å²) in [5.74, 6) is -0.217. The SMILES string of the molecule is CCC(=O)Nc1nnc(SCc2cc(=O)c(OC(=O)c3cccc(C)c3)co2)s1. The molecule has 0 aliphatic carbocycles. The van der Waals surface area contributed by atoms with Gasteiger partial charge in [-0.2, -0.15) is 0 Å². The number of aromatic nitrogens is 2. The number of hydrogen-bond donors (Lipinski definition) is 1. The molecular weight excluding hydrogens is 414 g/mol. The molecule has 29 heavy (non-hydrogen) atoms. The highest BCUT2D eigenvalue weighted by Gasteiger charge is 2.14. The van der Waals surface area contributed by atoms with Gasteiger partial charge in [0.25, 0.3) is 0 Å². The van der Waals surface area contributed by atoms with Crippen molar-refractivity contribution in [3.63, 3.8) is 0 Å². The molecule has 0 aliphatic rings. The Hall–Kier alpha value is -2.98. The van der Waals surface area contributed by atoms with Crippen molar-refractivity contribution < 1.29 is 18.7 Å². The Bertz CT molecular complexity index is 1090. The zero-order valence-electron chi connectivity index (χ0n) is 15.6. The molecule has 1 amide bonds. The molecule has 3 rings (SSSR count). The molecule has 150 valence electrons. The van der Waals surface area contributed by atoms with Gasteiger partial charge in [0.05, 0.1) is 11.3 Å². The molecule has 3 aromatic rings. The molecular formula is C19H17N3O5S2. The van der Waals surface area contributed by atoms with E-state index in [1.807, 2.05) is 13.0 Å². The Kier molecular flexibility index (Phi) is 6.78. The minimum atomic E-state index is -0.626. The second kappa shape index (κ2) is 9.48. The third kappa shape index (κ3) is 5.75. The number of benzene rings is 1. The number of esters is 1. The molecule has 0 saturated heterocycles. The van der Waals surface area contributed by atoms with Gasteiger partial charge in [-0.15, -0.1) is 10.2 Å². The van der Waals surface area contributed by atoms with Gasteiger partial charge in [-0.3, -0.25) is 9.59 Å². The van der Waals surface area contributed by atoms with Crippen molar-refractivity contribution in [1.29, 1.82) is 0 Å². The van der Waals surface area contributed by atoms with Crippen molar-refractivity contribution in [1.82, 2.24) is 10.2 Å². The van der Waals surface area contributed by atoms with E-state index >= 15 is 0 Å². The highest BCUT2D eigenvalue weighted by molar-refractivity contribution is 8.00. The largest absolute Gasteiger partial charge is 0.464 e. The lowest BCUT2D eigenvalue weighted by atomic mass is 10.1. The van der Waals surface area contributed by atoms with Gasteiger partial charge in [-0.05, 0) is 19.1 Å². The van der Waals surface area contributed by atoms with Crippen LogP contribution in [0.2, 0.25) is 0 Å². The van der Waals surface area contributed by atoms with Crippen LogP contribution in [0.3, 0.4) is 0 Å². The third-order valence-corrected chi connectivity index (χ3v) is 5.61. The molecule has 1 aromatic carbocycles. The Morgan fingerprint density at radius 3 is 2.83 bits per heavy atom. The van der Waals surface area contributed by atoms with Gasteiger partial charge < -0.3 is 14.5 Å². The highest BCUT2D eigenvalue weighted by atomic mass is 32.2. The predicted octanol–water partition coefficient (Wildman–Crippen LogP) is 3.66. The number of rotatable bonds is 7. The number of carbonyl (C=O) groups is 2. The smallest absolute Gasteiger partial charge is 0.343 e. The number of ether oxygens (including phenoxy) is 1. The summed E-state index contributed by atoms with van der Waals surface area (Å²) in [6, 6.07) is 8.15. The number of anilines is 1. The standard InChI is InChI=1S/C19H17N3O5S2/c1-3-16(24)20-18-21-22-19(29-18)28-10-13-8-14(23)15(9-26-13)27-17(25)12-6-4-5-11(2)7-12/h4-9H,3,10H2,1-2H3,(H,20,21,24). The number of thioether (sulfide) groups is 1. The summed E-state index contributed by atoms with van der Waals surface area (Å²) in [7, 11) is 0. The average molecular weight is 431 g/mol. The van der Waals surface area contributed by atoms with E-state index in [1.165, 1.54) is 29.2 Å². The van der Waals surface area contributed by atoms with Gasteiger partial charge >= 0.3 is 5.97 Å². The third-order valence-electron chi connectivity index (χ3n) is 3.62. The number of amides is 1. The molecule has 0 fully saturated rings. The first-order valence-corrected chi connectivity index (χ1v) is 10.4. The lowest BCUT2D eigenvalue weighted by molar-refractivity contribution is -0.115. The summed E-state index contributed by atoms with van der Waals surface area (Å²) in [5.41, 5.74) is 0.806. The zero-order chi connectivity index (χ0) is 20.8. The van der Waals surface area contributed by atoms with Crippen LogP contribution in [-0.2, 0) is 10.5 Å². The van der Waals surface area contributed by atoms with E-state index in [4.69, 9.17) is 9.15 Å². The zero-order valence-corrected chi connectivity index (χ0v) is 17.3. The number of nitrogens with zero attached hydrogens (tertiary/aromatic N) is 2. The lowest BCUT2D eigenvalue weighted by Gasteiger charge is -2.05. The summed E-state index contributed by atoms with van der Waals surface area (Å²) in [4.78, 5) is 35.7. The van der Waals surface area contributed by atoms with Crippen LogP contribution < -0.4 is 15.5 Å². The Morgan fingerprint density at radius 1 is 1.28 bits per heavy atom. The van der Waals surface area contributed by atoms with E-state index in [1.54, 1.807) is 25.1 Å². The number of nitrogens with one attached hydrogen (secondary N) is 1. The molecule has 8 nitrogen and oxygen atoms in total. The van der Waals surface area contributed by atoms with Crippen LogP contribution in [0.1, 0.15) is 35.0 Å². The summed E-state index contributed by atoms with van der Waals surface area (Å²) in [5, 5.41) is 10.9. The summed E-state index contributed by atoms with van der Waals surface area (Å²) in [6.45, 7) is 3.60. The minimum absolute atomic E-state index is 0.139. The van der Waals surface area contributed by atoms with Crippen LogP contribution in [0.25, 0.3) is 0 Å². The van der Waals surface area contributed by atoms with Crippen LogP contribution in [0.5, 0.6) is 5.75 Å². The molecule has 0 atom stereocenters. The molecule has 10 heteroatoms. The van der Waals surface area contributed by atoms with Gasteiger partial charge in [0, 0.05) is 12.5 Å². The highest BCUT2D eigenvalue weighted by Crippen LogP contribution is 2.28. The first-order valence-electron chi connectivity index (χ1n) is 8.61. The molecule has 2 heterocycles. The Morgan fingerprint density at radius 2 is 2.10 bits per heavy atom. The fourth-order valence-electron chi connectivity index (χ4n) is 2.18. The van der Waals surface area contributed by atoms with Gasteiger partial charge in [-0.1, -0.05) is 47.7 Å². The van der Waals surface area contributed by atoms with E-state index < -0.39 is 11.4 Å². The van der Waals surface area contributed by atoms with Crippen molar-refractivity contribution in [3.8, 4) is 5.75 Å². The van der Waals surface area contributed by atoms with Crippen molar-refractivity contribution in [2.45, 2.75) is 30.4 Å². The van der Waals surface area contributed by atoms with E-state index in [0.717, 1.165) is 11.8 Å². The van der Waals surface area contributed by atoms with E-state index in [-0.39, 0.29) is 11.7 Å². The van der Waals surface area contributed by atoms with Gasteiger partial charge in [-0.25, -0.2) is 4.79 Å². The Labute approximate surface area is 174 Å². The fraction of sp³-hybridized carbons (Fsp3) is 0.211. The molecule has 0 bridgehead atoms. The quantitative estimate of drug-likeness (QED) is 0.343. The monoisotopic (exact) mass is 431 g/mol. The summed E-state index contributed by atoms with van der Waals surface area (Å²) >= 11 is 2.54. The summed E-state index contributed by atoms with van der Waals surface area (Å²) < 4.78 is 11.2. The molecule has 0 aliphatic heterocycles. The predicted molar refractivity (Wildman–Crippen MR) is 110 cm³/mol. The number of hydrogen-bond acceptors (Lipinski definition) is 9.